The Hall–Kier alpha value is -2.62. The summed E-state index contributed by atoms with van der Waals surface area (Å²) in [6, 6.07) is 6.28. The number of hydrogen-bond acceptors (Lipinski definition) is 5. The third-order valence-electron chi connectivity index (χ3n) is 3.64. The summed E-state index contributed by atoms with van der Waals surface area (Å²) in [7, 11) is 0. The molecule has 1 N–H and O–H groups in total. The maximum atomic E-state index is 10.8. The van der Waals surface area contributed by atoms with Gasteiger partial charge in [0.15, 0.2) is 0 Å². The van der Waals surface area contributed by atoms with E-state index in [1.165, 1.54) is 12.1 Å². The van der Waals surface area contributed by atoms with Gasteiger partial charge in [-0.15, -0.1) is 0 Å². The van der Waals surface area contributed by atoms with Gasteiger partial charge in [0.1, 0.15) is 11.6 Å². The molecular formula is C14H15N3O4. The molecule has 110 valence electrons. The van der Waals surface area contributed by atoms with Crippen molar-refractivity contribution in [2.75, 3.05) is 18.0 Å². The topological polar surface area (TPSA) is 107 Å². The van der Waals surface area contributed by atoms with E-state index in [9.17, 15) is 14.9 Å². The molecule has 1 aromatic rings. The normalized spacial score (nSPS) is 18.0. The lowest BCUT2D eigenvalue weighted by atomic mass is 9.94. The van der Waals surface area contributed by atoms with Crippen molar-refractivity contribution in [1.29, 1.82) is 5.26 Å². The molecular weight excluding hydrogens is 274 g/mol. The summed E-state index contributed by atoms with van der Waals surface area (Å²) in [5, 5.41) is 28.7. The molecule has 1 aliphatic rings. The summed E-state index contributed by atoms with van der Waals surface area (Å²) in [5.41, 5.74) is 0.547. The zero-order chi connectivity index (χ0) is 15.4. The number of nitro groups is 1. The first-order chi connectivity index (χ1) is 10.0. The van der Waals surface area contributed by atoms with Crippen molar-refractivity contribution in [2.45, 2.75) is 19.3 Å². The Morgan fingerprint density at radius 1 is 1.57 bits per heavy atom. The van der Waals surface area contributed by atoms with Crippen LogP contribution in [0.4, 0.5) is 11.4 Å². The van der Waals surface area contributed by atoms with Gasteiger partial charge in [-0.2, -0.15) is 5.26 Å². The Kier molecular flexibility index (Phi) is 4.38. The summed E-state index contributed by atoms with van der Waals surface area (Å²) >= 11 is 0. The summed E-state index contributed by atoms with van der Waals surface area (Å²) in [4.78, 5) is 23.0. The fraction of sp³-hybridized carbons (Fsp3) is 0.429. The highest BCUT2D eigenvalue weighted by atomic mass is 16.6. The maximum Gasteiger partial charge on any atom is 0.303 e. The van der Waals surface area contributed by atoms with Gasteiger partial charge >= 0.3 is 5.97 Å². The fourth-order valence-corrected chi connectivity index (χ4v) is 2.68. The molecule has 0 amide bonds. The number of benzene rings is 1. The summed E-state index contributed by atoms with van der Waals surface area (Å²) in [5.74, 6) is -0.750. The smallest absolute Gasteiger partial charge is 0.303 e. The Morgan fingerprint density at radius 3 is 2.95 bits per heavy atom. The Bertz CT molecular complexity index is 609. The number of carboxylic acids is 1. The summed E-state index contributed by atoms with van der Waals surface area (Å²) in [6.45, 7) is 1.35. The van der Waals surface area contributed by atoms with Crippen LogP contribution in [0.3, 0.4) is 0 Å². The lowest BCUT2D eigenvalue weighted by molar-refractivity contribution is -0.385. The van der Waals surface area contributed by atoms with Crippen LogP contribution in [0.1, 0.15) is 24.8 Å². The van der Waals surface area contributed by atoms with Gasteiger partial charge in [-0.3, -0.25) is 14.9 Å². The van der Waals surface area contributed by atoms with Crippen LogP contribution in [-0.4, -0.2) is 29.1 Å². The standard InChI is InChI=1S/C14H15N3O4/c15-8-11-7-12(3-4-13(11)17(20)21)16-5-1-2-10(9-16)6-14(18)19/h3-4,7,10H,1-2,5-6,9H2,(H,18,19). The first-order valence-corrected chi connectivity index (χ1v) is 6.66. The zero-order valence-electron chi connectivity index (χ0n) is 11.4. The molecule has 1 aliphatic heterocycles. The Morgan fingerprint density at radius 2 is 2.33 bits per heavy atom. The zero-order valence-corrected chi connectivity index (χ0v) is 11.4. The number of piperidine rings is 1. The number of anilines is 1. The van der Waals surface area contributed by atoms with E-state index < -0.39 is 10.9 Å². The van der Waals surface area contributed by atoms with Gasteiger partial charge in [0.25, 0.3) is 5.69 Å². The van der Waals surface area contributed by atoms with Gasteiger partial charge in [0.2, 0.25) is 0 Å². The molecule has 2 rings (SSSR count). The van der Waals surface area contributed by atoms with Crippen LogP contribution in [0.25, 0.3) is 0 Å². The highest BCUT2D eigenvalue weighted by Crippen LogP contribution is 2.28. The number of nitriles is 1. The molecule has 1 atom stereocenters. The van der Waals surface area contributed by atoms with Gasteiger partial charge < -0.3 is 10.0 Å². The molecule has 1 aromatic carbocycles. The molecule has 1 unspecified atom stereocenters. The lowest BCUT2D eigenvalue weighted by Crippen LogP contribution is -2.36. The molecule has 0 saturated carbocycles. The molecule has 1 fully saturated rings. The number of carbonyl (C=O) groups is 1. The van der Waals surface area contributed by atoms with Gasteiger partial charge in [-0.1, -0.05) is 0 Å². The van der Waals surface area contributed by atoms with Crippen LogP contribution in [-0.2, 0) is 4.79 Å². The first-order valence-electron chi connectivity index (χ1n) is 6.66. The number of hydrogen-bond donors (Lipinski definition) is 1. The predicted molar refractivity (Wildman–Crippen MR) is 75.0 cm³/mol. The number of carboxylic acid groups (broad SMARTS) is 1. The van der Waals surface area contributed by atoms with Gasteiger partial charge in [0, 0.05) is 31.3 Å². The largest absolute Gasteiger partial charge is 0.481 e. The molecule has 7 heteroatoms. The van der Waals surface area contributed by atoms with E-state index in [2.05, 4.69) is 0 Å². The third kappa shape index (κ3) is 3.48. The third-order valence-corrected chi connectivity index (χ3v) is 3.64. The number of nitro benzene ring substituents is 1. The Balaban J connectivity index is 2.20. The molecule has 0 aliphatic carbocycles. The monoisotopic (exact) mass is 289 g/mol. The van der Waals surface area contributed by atoms with Crippen molar-refractivity contribution in [1.82, 2.24) is 0 Å². The minimum atomic E-state index is -0.816. The van der Waals surface area contributed by atoms with E-state index in [1.54, 1.807) is 6.07 Å². The van der Waals surface area contributed by atoms with Crippen LogP contribution in [0.15, 0.2) is 18.2 Å². The molecule has 0 bridgehead atoms. The molecule has 7 nitrogen and oxygen atoms in total. The molecule has 1 heterocycles. The summed E-state index contributed by atoms with van der Waals surface area (Å²) in [6.07, 6.45) is 1.85. The number of nitrogens with zero attached hydrogens (tertiary/aromatic N) is 3. The molecule has 0 spiro atoms. The van der Waals surface area contributed by atoms with Crippen molar-refractivity contribution < 1.29 is 14.8 Å². The second-order valence-corrected chi connectivity index (χ2v) is 5.12. The molecule has 1 saturated heterocycles. The lowest BCUT2D eigenvalue weighted by Gasteiger charge is -2.33. The van der Waals surface area contributed by atoms with Gasteiger partial charge in [-0.25, -0.2) is 0 Å². The number of rotatable bonds is 4. The second-order valence-electron chi connectivity index (χ2n) is 5.12. The van der Waals surface area contributed by atoms with Gasteiger partial charge in [0.05, 0.1) is 4.92 Å². The summed E-state index contributed by atoms with van der Waals surface area (Å²) < 4.78 is 0. The average molecular weight is 289 g/mol. The predicted octanol–water partition coefficient (Wildman–Crippen LogP) is 2.16. The SMILES string of the molecule is N#Cc1cc(N2CCCC(CC(=O)O)C2)ccc1[N+](=O)[O-]. The van der Waals surface area contributed by atoms with Gasteiger partial charge in [-0.05, 0) is 30.9 Å². The van der Waals surface area contributed by atoms with E-state index >= 15 is 0 Å². The van der Waals surface area contributed by atoms with Crippen molar-refractivity contribution >= 4 is 17.3 Å². The van der Waals surface area contributed by atoms with E-state index in [0.717, 1.165) is 25.1 Å². The van der Waals surface area contributed by atoms with Crippen molar-refractivity contribution in [3.63, 3.8) is 0 Å². The fourth-order valence-electron chi connectivity index (χ4n) is 2.68. The van der Waals surface area contributed by atoms with E-state index in [4.69, 9.17) is 10.4 Å². The van der Waals surface area contributed by atoms with Crippen LogP contribution in [0.2, 0.25) is 0 Å². The minimum absolute atomic E-state index is 0.0258. The van der Waals surface area contributed by atoms with Crippen LogP contribution in [0.5, 0.6) is 0 Å². The highest BCUT2D eigenvalue weighted by molar-refractivity contribution is 5.67. The maximum absolute atomic E-state index is 10.8. The Labute approximate surface area is 121 Å². The van der Waals surface area contributed by atoms with Crippen LogP contribution in [0, 0.1) is 27.4 Å². The highest BCUT2D eigenvalue weighted by Gasteiger charge is 2.23. The number of aliphatic carboxylic acids is 1. The second kappa shape index (κ2) is 6.22. The first kappa shape index (κ1) is 14.8. The molecule has 21 heavy (non-hydrogen) atoms. The quantitative estimate of drug-likeness (QED) is 0.672. The van der Waals surface area contributed by atoms with Crippen molar-refractivity contribution in [3.8, 4) is 6.07 Å². The minimum Gasteiger partial charge on any atom is -0.481 e. The van der Waals surface area contributed by atoms with Crippen LogP contribution >= 0.6 is 0 Å². The van der Waals surface area contributed by atoms with Crippen LogP contribution < -0.4 is 4.90 Å². The van der Waals surface area contributed by atoms with E-state index in [-0.39, 0.29) is 23.6 Å². The molecule has 0 radical (unpaired) electrons. The van der Waals surface area contributed by atoms with Crippen molar-refractivity contribution in [2.24, 2.45) is 5.92 Å². The van der Waals surface area contributed by atoms with E-state index in [1.807, 2.05) is 11.0 Å². The average Bonchev–Trinajstić information content (AvgIpc) is 2.46. The molecule has 0 aromatic heterocycles. The van der Waals surface area contributed by atoms with Crippen molar-refractivity contribution in [3.05, 3.63) is 33.9 Å². The van der Waals surface area contributed by atoms with E-state index in [0.29, 0.717) is 6.54 Å².